The fraction of sp³-hybridized carbons (Fsp3) is 0.368. The summed E-state index contributed by atoms with van der Waals surface area (Å²) in [5.41, 5.74) is 2.60. The van der Waals surface area contributed by atoms with Gasteiger partial charge in [-0.15, -0.1) is 35.3 Å². The van der Waals surface area contributed by atoms with Crippen LogP contribution in [0.2, 0.25) is 0 Å². The zero-order valence-corrected chi connectivity index (χ0v) is 18.3. The second-order valence-electron chi connectivity index (χ2n) is 6.13. The third-order valence-electron chi connectivity index (χ3n) is 4.34. The standard InChI is InChI=1S/C19H24N4OS.HI/c1-14-7-8-17(25-14)11-21-19(20-2)22-12-18(24)23-10-9-15-5-3-4-6-16(15)13-23;/h3-8H,9-13H2,1-2H3,(H2,20,21,22);1H. The molecule has 0 aliphatic carbocycles. The topological polar surface area (TPSA) is 56.7 Å². The summed E-state index contributed by atoms with van der Waals surface area (Å²) in [6, 6.07) is 12.6. The molecule has 0 atom stereocenters. The molecule has 0 saturated carbocycles. The Morgan fingerprint density at radius 3 is 2.65 bits per heavy atom. The van der Waals surface area contributed by atoms with Crippen LogP contribution in [0.3, 0.4) is 0 Å². The van der Waals surface area contributed by atoms with E-state index >= 15 is 0 Å². The number of halogens is 1. The first kappa shape index (κ1) is 20.7. The maximum absolute atomic E-state index is 12.5. The zero-order chi connectivity index (χ0) is 17.6. The molecule has 5 nitrogen and oxygen atoms in total. The van der Waals surface area contributed by atoms with Gasteiger partial charge in [-0.1, -0.05) is 24.3 Å². The molecule has 0 fully saturated rings. The molecular weight excluding hydrogens is 459 g/mol. The van der Waals surface area contributed by atoms with Crippen LogP contribution < -0.4 is 10.6 Å². The molecule has 0 bridgehead atoms. The average molecular weight is 484 g/mol. The van der Waals surface area contributed by atoms with E-state index in [-0.39, 0.29) is 36.4 Å². The lowest BCUT2D eigenvalue weighted by molar-refractivity contribution is -0.130. The minimum absolute atomic E-state index is 0. The van der Waals surface area contributed by atoms with Gasteiger partial charge in [0.1, 0.15) is 0 Å². The van der Waals surface area contributed by atoms with Gasteiger partial charge in [0.25, 0.3) is 0 Å². The number of hydrogen-bond donors (Lipinski definition) is 2. The number of thiophene rings is 1. The number of nitrogens with zero attached hydrogens (tertiary/aromatic N) is 2. The number of amides is 1. The summed E-state index contributed by atoms with van der Waals surface area (Å²) in [4.78, 5) is 21.1. The minimum Gasteiger partial charge on any atom is -0.352 e. The number of fused-ring (bicyclic) bond motifs is 1. The summed E-state index contributed by atoms with van der Waals surface area (Å²) >= 11 is 1.76. The van der Waals surface area contributed by atoms with Crippen molar-refractivity contribution < 1.29 is 4.79 Å². The summed E-state index contributed by atoms with van der Waals surface area (Å²) in [7, 11) is 1.72. The number of carbonyl (C=O) groups is 1. The number of aryl methyl sites for hydroxylation is 1. The Hall–Kier alpha value is -1.61. The number of guanidine groups is 1. The van der Waals surface area contributed by atoms with Gasteiger partial charge in [-0.25, -0.2) is 0 Å². The molecule has 26 heavy (non-hydrogen) atoms. The Kier molecular flexibility index (Phi) is 7.89. The molecule has 2 heterocycles. The van der Waals surface area contributed by atoms with Crippen molar-refractivity contribution in [1.82, 2.24) is 15.5 Å². The summed E-state index contributed by atoms with van der Waals surface area (Å²) in [5, 5.41) is 6.37. The van der Waals surface area contributed by atoms with Gasteiger partial charge in [-0.3, -0.25) is 9.79 Å². The van der Waals surface area contributed by atoms with Crippen molar-refractivity contribution in [3.63, 3.8) is 0 Å². The largest absolute Gasteiger partial charge is 0.352 e. The number of benzene rings is 1. The van der Waals surface area contributed by atoms with Crippen LogP contribution in [-0.4, -0.2) is 36.9 Å². The fourth-order valence-electron chi connectivity index (χ4n) is 2.95. The summed E-state index contributed by atoms with van der Waals surface area (Å²) in [6.45, 7) is 4.53. The lowest BCUT2D eigenvalue weighted by Gasteiger charge is -2.29. The SMILES string of the molecule is CN=C(NCC(=O)N1CCc2ccccc2C1)NCc1ccc(C)s1.I. The van der Waals surface area contributed by atoms with E-state index in [1.807, 2.05) is 11.0 Å². The van der Waals surface area contributed by atoms with E-state index < -0.39 is 0 Å². The highest BCUT2D eigenvalue weighted by molar-refractivity contribution is 14.0. The Balaban J connectivity index is 0.00000243. The number of aliphatic imine (C=N–C) groups is 1. The van der Waals surface area contributed by atoms with Gasteiger partial charge < -0.3 is 15.5 Å². The predicted octanol–water partition coefficient (Wildman–Crippen LogP) is 2.92. The highest BCUT2D eigenvalue weighted by Crippen LogP contribution is 2.18. The minimum atomic E-state index is 0. The first-order valence-corrected chi connectivity index (χ1v) is 9.32. The van der Waals surface area contributed by atoms with Gasteiger partial charge in [-0.2, -0.15) is 0 Å². The first-order chi connectivity index (χ1) is 12.2. The Morgan fingerprint density at radius 1 is 1.19 bits per heavy atom. The predicted molar refractivity (Wildman–Crippen MR) is 118 cm³/mol. The van der Waals surface area contributed by atoms with Crippen LogP contribution in [0, 0.1) is 6.92 Å². The second-order valence-corrected chi connectivity index (χ2v) is 7.50. The molecule has 1 aliphatic heterocycles. The molecule has 1 aromatic heterocycles. The Labute approximate surface area is 175 Å². The van der Waals surface area contributed by atoms with Gasteiger partial charge >= 0.3 is 0 Å². The van der Waals surface area contributed by atoms with Crippen LogP contribution in [-0.2, 0) is 24.3 Å². The fourth-order valence-corrected chi connectivity index (χ4v) is 3.78. The van der Waals surface area contributed by atoms with Gasteiger partial charge in [0, 0.05) is 29.9 Å². The molecule has 140 valence electrons. The molecule has 0 spiro atoms. The lowest BCUT2D eigenvalue weighted by Crippen LogP contribution is -2.45. The quantitative estimate of drug-likeness (QED) is 0.399. The van der Waals surface area contributed by atoms with Gasteiger partial charge in [-0.05, 0) is 36.6 Å². The van der Waals surface area contributed by atoms with E-state index in [2.05, 4.69) is 52.9 Å². The van der Waals surface area contributed by atoms with Gasteiger partial charge in [0.2, 0.25) is 5.91 Å². The monoisotopic (exact) mass is 484 g/mol. The van der Waals surface area contributed by atoms with E-state index in [1.165, 1.54) is 20.9 Å². The van der Waals surface area contributed by atoms with Crippen molar-refractivity contribution in [3.8, 4) is 0 Å². The second kappa shape index (κ2) is 9.91. The molecule has 3 rings (SSSR count). The van der Waals surface area contributed by atoms with Crippen molar-refractivity contribution in [2.24, 2.45) is 4.99 Å². The van der Waals surface area contributed by atoms with Gasteiger partial charge in [0.15, 0.2) is 5.96 Å². The van der Waals surface area contributed by atoms with Crippen LogP contribution in [0.5, 0.6) is 0 Å². The number of carbonyl (C=O) groups excluding carboxylic acids is 1. The van der Waals surface area contributed by atoms with E-state index in [9.17, 15) is 4.79 Å². The zero-order valence-electron chi connectivity index (χ0n) is 15.1. The van der Waals surface area contributed by atoms with E-state index in [4.69, 9.17) is 0 Å². The van der Waals surface area contributed by atoms with Crippen molar-refractivity contribution >= 4 is 47.2 Å². The summed E-state index contributed by atoms with van der Waals surface area (Å²) in [6.07, 6.45) is 0.923. The van der Waals surface area contributed by atoms with Crippen molar-refractivity contribution in [2.75, 3.05) is 20.1 Å². The third-order valence-corrected chi connectivity index (χ3v) is 5.34. The van der Waals surface area contributed by atoms with Crippen LogP contribution >= 0.6 is 35.3 Å². The third kappa shape index (κ3) is 5.44. The van der Waals surface area contributed by atoms with Gasteiger partial charge in [0.05, 0.1) is 13.1 Å². The number of hydrogen-bond acceptors (Lipinski definition) is 3. The number of nitrogens with one attached hydrogen (secondary N) is 2. The summed E-state index contributed by atoms with van der Waals surface area (Å²) < 4.78 is 0. The highest BCUT2D eigenvalue weighted by Gasteiger charge is 2.20. The maximum Gasteiger partial charge on any atom is 0.242 e. The maximum atomic E-state index is 12.5. The summed E-state index contributed by atoms with van der Waals surface area (Å²) in [5.74, 6) is 0.751. The molecule has 0 unspecified atom stereocenters. The van der Waals surface area contributed by atoms with E-state index in [1.54, 1.807) is 18.4 Å². The van der Waals surface area contributed by atoms with Crippen molar-refractivity contribution in [2.45, 2.75) is 26.4 Å². The molecule has 7 heteroatoms. The Bertz CT molecular complexity index is 774. The van der Waals surface area contributed by atoms with Crippen molar-refractivity contribution in [1.29, 1.82) is 0 Å². The highest BCUT2D eigenvalue weighted by atomic mass is 127. The molecule has 1 aliphatic rings. The number of rotatable bonds is 4. The van der Waals surface area contributed by atoms with Crippen LogP contribution in [0.25, 0.3) is 0 Å². The van der Waals surface area contributed by atoms with Crippen molar-refractivity contribution in [3.05, 3.63) is 57.3 Å². The lowest BCUT2D eigenvalue weighted by atomic mass is 10.00. The average Bonchev–Trinajstić information content (AvgIpc) is 3.06. The van der Waals surface area contributed by atoms with Crippen LogP contribution in [0.15, 0.2) is 41.4 Å². The molecule has 2 N–H and O–H groups in total. The molecule has 0 saturated heterocycles. The van der Waals surface area contributed by atoms with E-state index in [0.717, 1.165) is 13.0 Å². The first-order valence-electron chi connectivity index (χ1n) is 8.50. The smallest absolute Gasteiger partial charge is 0.242 e. The van der Waals surface area contributed by atoms with E-state index in [0.29, 0.717) is 19.0 Å². The Morgan fingerprint density at radius 2 is 1.96 bits per heavy atom. The molecule has 2 aromatic rings. The van der Waals surface area contributed by atoms with Crippen LogP contribution in [0.1, 0.15) is 20.9 Å². The molecule has 0 radical (unpaired) electrons. The molecule has 1 amide bonds. The normalized spacial score (nSPS) is 13.6. The van der Waals surface area contributed by atoms with Crippen LogP contribution in [0.4, 0.5) is 0 Å². The molecular formula is C19H25IN4OS. The molecule has 1 aromatic carbocycles.